The highest BCUT2D eigenvalue weighted by molar-refractivity contribution is 6.13. The molecule has 0 fully saturated rings. The molecule has 0 heterocycles. The van der Waals surface area contributed by atoms with E-state index in [1.54, 1.807) is 0 Å². The van der Waals surface area contributed by atoms with E-state index in [-0.39, 0.29) is 0 Å². The van der Waals surface area contributed by atoms with Gasteiger partial charge in [-0.2, -0.15) is 0 Å². The van der Waals surface area contributed by atoms with E-state index in [0.29, 0.717) is 11.5 Å². The van der Waals surface area contributed by atoms with Gasteiger partial charge in [-0.3, -0.25) is 0 Å². The molecule has 0 amide bonds. The molecule has 0 saturated heterocycles. The fraction of sp³-hybridized carbons (Fsp3) is 0.538. The molecule has 1 rings (SSSR count). The van der Waals surface area contributed by atoms with Crippen LogP contribution in [0.25, 0.3) is 0 Å². The molecule has 0 aliphatic heterocycles. The standard InChI is InChI=1S/C13H22Si/c1-8-6-9(2)13(10(3)7-8)11(4)12(5)14/h6,10,12H,4,7H2,1-3,5,14H3. The van der Waals surface area contributed by atoms with Crippen molar-refractivity contribution in [1.82, 2.24) is 0 Å². The third-order valence-electron chi connectivity index (χ3n) is 3.05. The number of hydrogen-bond donors (Lipinski definition) is 0. The van der Waals surface area contributed by atoms with Crippen LogP contribution in [0.4, 0.5) is 0 Å². The lowest BCUT2D eigenvalue weighted by Gasteiger charge is -2.26. The zero-order chi connectivity index (χ0) is 10.9. The largest absolute Gasteiger partial charge is 0.0956 e. The molecular weight excluding hydrogens is 184 g/mol. The SMILES string of the molecule is C=C(C1=C(C)C=C(C)CC1C)C(C)[SiH3]. The van der Waals surface area contributed by atoms with Gasteiger partial charge >= 0.3 is 0 Å². The Morgan fingerprint density at radius 3 is 2.57 bits per heavy atom. The van der Waals surface area contributed by atoms with Crippen molar-refractivity contribution in [1.29, 1.82) is 0 Å². The predicted octanol–water partition coefficient (Wildman–Crippen LogP) is 3.02. The maximum atomic E-state index is 4.25. The highest BCUT2D eigenvalue weighted by atomic mass is 28.1. The molecule has 1 aliphatic carbocycles. The van der Waals surface area contributed by atoms with E-state index in [2.05, 4.69) is 40.3 Å². The summed E-state index contributed by atoms with van der Waals surface area (Å²) in [6.45, 7) is 13.3. The molecule has 78 valence electrons. The van der Waals surface area contributed by atoms with Crippen LogP contribution in [0.1, 0.15) is 34.1 Å². The fourth-order valence-electron chi connectivity index (χ4n) is 2.36. The Balaban J connectivity index is 3.06. The summed E-state index contributed by atoms with van der Waals surface area (Å²) >= 11 is 0. The van der Waals surface area contributed by atoms with Crippen molar-refractivity contribution >= 4 is 10.2 Å². The Hall–Kier alpha value is -0.563. The van der Waals surface area contributed by atoms with Crippen molar-refractivity contribution in [3.63, 3.8) is 0 Å². The minimum absolute atomic E-state index is 0.670. The molecular formula is C13H22Si. The maximum absolute atomic E-state index is 4.25. The van der Waals surface area contributed by atoms with Gasteiger partial charge in [-0.05, 0) is 42.9 Å². The van der Waals surface area contributed by atoms with Crippen LogP contribution in [0.3, 0.4) is 0 Å². The van der Waals surface area contributed by atoms with Gasteiger partial charge in [-0.15, -0.1) is 0 Å². The molecule has 2 atom stereocenters. The lowest BCUT2D eigenvalue weighted by atomic mass is 9.81. The van der Waals surface area contributed by atoms with E-state index in [0.717, 1.165) is 0 Å². The zero-order valence-corrected chi connectivity index (χ0v) is 12.1. The second-order valence-electron chi connectivity index (χ2n) is 4.87. The normalized spacial score (nSPS) is 24.9. The molecule has 0 aromatic carbocycles. The Bertz CT molecular complexity index is 305. The van der Waals surface area contributed by atoms with Crippen LogP contribution in [-0.2, 0) is 0 Å². The van der Waals surface area contributed by atoms with Gasteiger partial charge < -0.3 is 0 Å². The van der Waals surface area contributed by atoms with Crippen LogP contribution in [-0.4, -0.2) is 10.2 Å². The third-order valence-corrected chi connectivity index (χ3v) is 3.75. The smallest absolute Gasteiger partial charge is 0.0119 e. The number of rotatable bonds is 2. The van der Waals surface area contributed by atoms with Gasteiger partial charge in [0.15, 0.2) is 0 Å². The molecule has 0 saturated carbocycles. The molecule has 0 N–H and O–H groups in total. The van der Waals surface area contributed by atoms with Gasteiger partial charge in [0.2, 0.25) is 0 Å². The Morgan fingerprint density at radius 2 is 2.14 bits per heavy atom. The molecule has 0 aromatic rings. The second-order valence-corrected chi connectivity index (χ2v) is 6.60. The Labute approximate surface area is 91.2 Å². The molecule has 0 nitrogen and oxygen atoms in total. The molecule has 0 bridgehead atoms. The summed E-state index contributed by atoms with van der Waals surface area (Å²) in [4.78, 5) is 0. The third kappa shape index (κ3) is 2.27. The lowest BCUT2D eigenvalue weighted by Crippen LogP contribution is -2.11. The van der Waals surface area contributed by atoms with Crippen molar-refractivity contribution in [3.8, 4) is 0 Å². The zero-order valence-electron chi connectivity index (χ0n) is 10.1. The van der Waals surface area contributed by atoms with E-state index in [4.69, 9.17) is 0 Å². The number of hydrogen-bond acceptors (Lipinski definition) is 0. The minimum atomic E-state index is 0.670. The molecule has 0 aromatic heterocycles. The van der Waals surface area contributed by atoms with E-state index < -0.39 is 0 Å². The van der Waals surface area contributed by atoms with Gasteiger partial charge in [0.05, 0.1) is 0 Å². The maximum Gasteiger partial charge on any atom is 0.0119 e. The number of allylic oxidation sites excluding steroid dienone is 5. The van der Waals surface area contributed by atoms with Crippen LogP contribution >= 0.6 is 0 Å². The van der Waals surface area contributed by atoms with Crippen LogP contribution in [0.15, 0.2) is 34.9 Å². The first kappa shape index (κ1) is 11.5. The Kier molecular flexibility index (Phi) is 3.54. The fourth-order valence-corrected chi connectivity index (χ4v) is 2.67. The van der Waals surface area contributed by atoms with Crippen LogP contribution in [0.5, 0.6) is 0 Å². The highest BCUT2D eigenvalue weighted by Gasteiger charge is 2.19. The topological polar surface area (TPSA) is 0 Å². The summed E-state index contributed by atoms with van der Waals surface area (Å²) in [6, 6.07) is 0. The van der Waals surface area contributed by atoms with E-state index in [9.17, 15) is 0 Å². The van der Waals surface area contributed by atoms with Gasteiger partial charge in [0.25, 0.3) is 0 Å². The summed E-state index contributed by atoms with van der Waals surface area (Å²) in [7, 11) is 1.21. The van der Waals surface area contributed by atoms with Gasteiger partial charge in [-0.25, -0.2) is 0 Å². The van der Waals surface area contributed by atoms with Gasteiger partial charge in [0.1, 0.15) is 0 Å². The van der Waals surface area contributed by atoms with Crippen LogP contribution < -0.4 is 0 Å². The summed E-state index contributed by atoms with van der Waals surface area (Å²) in [5.74, 6) is 0.670. The van der Waals surface area contributed by atoms with Crippen LogP contribution in [0, 0.1) is 5.92 Å². The predicted molar refractivity (Wildman–Crippen MR) is 68.7 cm³/mol. The molecule has 0 spiro atoms. The lowest BCUT2D eigenvalue weighted by molar-refractivity contribution is 0.655. The van der Waals surface area contributed by atoms with Crippen LogP contribution in [0.2, 0.25) is 5.54 Å². The quantitative estimate of drug-likeness (QED) is 0.609. The molecule has 0 radical (unpaired) electrons. The van der Waals surface area contributed by atoms with Crippen molar-refractivity contribution in [3.05, 3.63) is 34.9 Å². The van der Waals surface area contributed by atoms with Crippen molar-refractivity contribution in [2.24, 2.45) is 5.92 Å². The first-order valence-corrected chi connectivity index (χ1v) is 6.66. The van der Waals surface area contributed by atoms with E-state index >= 15 is 0 Å². The average Bonchev–Trinajstić information content (AvgIpc) is 2.01. The summed E-state index contributed by atoms with van der Waals surface area (Å²) in [5, 5.41) is 0. The van der Waals surface area contributed by atoms with E-state index in [1.165, 1.54) is 39.0 Å². The minimum Gasteiger partial charge on any atom is -0.0956 e. The molecule has 1 heteroatoms. The average molecular weight is 206 g/mol. The molecule has 2 unspecified atom stereocenters. The summed E-state index contributed by atoms with van der Waals surface area (Å²) in [5.41, 5.74) is 6.55. The van der Waals surface area contributed by atoms with Crippen molar-refractivity contribution < 1.29 is 0 Å². The first-order chi connectivity index (χ1) is 6.43. The monoisotopic (exact) mass is 206 g/mol. The Morgan fingerprint density at radius 1 is 1.57 bits per heavy atom. The van der Waals surface area contributed by atoms with E-state index in [1.807, 2.05) is 0 Å². The van der Waals surface area contributed by atoms with Crippen molar-refractivity contribution in [2.45, 2.75) is 39.7 Å². The molecule has 14 heavy (non-hydrogen) atoms. The van der Waals surface area contributed by atoms with Gasteiger partial charge in [0, 0.05) is 10.2 Å². The summed E-state index contributed by atoms with van der Waals surface area (Å²) < 4.78 is 0. The van der Waals surface area contributed by atoms with Crippen molar-refractivity contribution in [2.75, 3.05) is 0 Å². The van der Waals surface area contributed by atoms with Gasteiger partial charge in [-0.1, -0.05) is 37.6 Å². The second kappa shape index (κ2) is 4.31. The highest BCUT2D eigenvalue weighted by Crippen LogP contribution is 2.36. The molecule has 1 aliphatic rings. The summed E-state index contributed by atoms with van der Waals surface area (Å²) in [6.07, 6.45) is 3.53. The first-order valence-electron chi connectivity index (χ1n) is 5.50.